The van der Waals surface area contributed by atoms with E-state index >= 15 is 0 Å². The van der Waals surface area contributed by atoms with Gasteiger partial charge in [-0.15, -0.1) is 6.42 Å². The van der Waals surface area contributed by atoms with Crippen LogP contribution in [0.5, 0.6) is 0 Å². The monoisotopic (exact) mass is 114 g/mol. The number of hydrogen-bond donors (Lipinski definition) is 1. The van der Waals surface area contributed by atoms with Crippen molar-refractivity contribution in [2.45, 2.75) is 26.2 Å². The van der Waals surface area contributed by atoms with Crippen molar-refractivity contribution in [1.82, 2.24) is 0 Å². The van der Waals surface area contributed by atoms with Crippen molar-refractivity contribution in [2.75, 3.05) is 0 Å². The lowest BCUT2D eigenvalue weighted by molar-refractivity contribution is -0.0859. The van der Waals surface area contributed by atoms with Crippen LogP contribution in [0, 0.1) is 12.3 Å². The maximum Gasteiger partial charge on any atom is 0.219 e. The summed E-state index contributed by atoms with van der Waals surface area (Å²) in [5, 5.41) is 8.57. The molecule has 0 rings (SSSR count). The van der Waals surface area contributed by atoms with Crippen LogP contribution in [0.2, 0.25) is 0 Å². The first kappa shape index (κ1) is 7.48. The predicted octanol–water partition coefficient (Wildman–Crippen LogP) is 0.363. The largest absolute Gasteiger partial charge is 0.358 e. The molecule has 2 nitrogen and oxygen atoms in total. The molecule has 0 bridgehead atoms. The topological polar surface area (TPSA) is 29.5 Å². The standard InChI is InChI=1S/C6H10O2/c1-4-6(7)8-5(2)3/h1,5-7H,2-3H3. The highest BCUT2D eigenvalue weighted by molar-refractivity contribution is 4.87. The van der Waals surface area contributed by atoms with Crippen LogP contribution in [0.1, 0.15) is 13.8 Å². The Morgan fingerprint density at radius 1 is 1.62 bits per heavy atom. The zero-order valence-corrected chi connectivity index (χ0v) is 5.09. The third-order valence-corrected chi connectivity index (χ3v) is 0.544. The van der Waals surface area contributed by atoms with E-state index in [-0.39, 0.29) is 6.10 Å². The summed E-state index contributed by atoms with van der Waals surface area (Å²) in [5.74, 6) is 2.03. The van der Waals surface area contributed by atoms with Crippen molar-refractivity contribution < 1.29 is 9.84 Å². The summed E-state index contributed by atoms with van der Waals surface area (Å²) in [6.07, 6.45) is 3.74. The van der Waals surface area contributed by atoms with Crippen LogP contribution in [0.25, 0.3) is 0 Å². The van der Waals surface area contributed by atoms with E-state index in [0.717, 1.165) is 0 Å². The lowest BCUT2D eigenvalue weighted by atomic mass is 10.5. The Balaban J connectivity index is 3.28. The van der Waals surface area contributed by atoms with Crippen LogP contribution in [-0.4, -0.2) is 17.5 Å². The molecule has 0 aromatic heterocycles. The van der Waals surface area contributed by atoms with Crippen LogP contribution in [0.4, 0.5) is 0 Å². The van der Waals surface area contributed by atoms with E-state index in [0.29, 0.717) is 0 Å². The summed E-state index contributed by atoms with van der Waals surface area (Å²) < 4.78 is 4.72. The predicted molar refractivity (Wildman–Crippen MR) is 31.1 cm³/mol. The quantitative estimate of drug-likeness (QED) is 0.415. The Morgan fingerprint density at radius 3 is 2.25 bits per heavy atom. The highest BCUT2D eigenvalue weighted by Gasteiger charge is 1.98. The van der Waals surface area contributed by atoms with Gasteiger partial charge in [-0.05, 0) is 19.8 Å². The first-order valence-corrected chi connectivity index (χ1v) is 2.46. The smallest absolute Gasteiger partial charge is 0.219 e. The van der Waals surface area contributed by atoms with Gasteiger partial charge in [0.1, 0.15) is 0 Å². The van der Waals surface area contributed by atoms with E-state index < -0.39 is 6.29 Å². The fourth-order valence-corrected chi connectivity index (χ4v) is 0.297. The molecule has 0 spiro atoms. The molecule has 0 aliphatic heterocycles. The van der Waals surface area contributed by atoms with E-state index in [1.165, 1.54) is 0 Å². The fraction of sp³-hybridized carbons (Fsp3) is 0.667. The maximum absolute atomic E-state index is 8.57. The Bertz CT molecular complexity index is 91.2. The Hall–Kier alpha value is -0.520. The lowest BCUT2D eigenvalue weighted by Gasteiger charge is -2.07. The molecular weight excluding hydrogens is 104 g/mol. The second-order valence-electron chi connectivity index (χ2n) is 1.70. The molecule has 2 heteroatoms. The molecule has 0 radical (unpaired) electrons. The average molecular weight is 114 g/mol. The molecule has 1 unspecified atom stereocenters. The molecule has 0 saturated heterocycles. The van der Waals surface area contributed by atoms with Gasteiger partial charge in [0, 0.05) is 0 Å². The number of hydrogen-bond acceptors (Lipinski definition) is 2. The van der Waals surface area contributed by atoms with E-state index in [4.69, 9.17) is 16.3 Å². The molecule has 0 saturated carbocycles. The van der Waals surface area contributed by atoms with Gasteiger partial charge in [0.15, 0.2) is 0 Å². The Morgan fingerprint density at radius 2 is 2.12 bits per heavy atom. The van der Waals surface area contributed by atoms with E-state index in [1.807, 2.05) is 5.92 Å². The summed E-state index contributed by atoms with van der Waals surface area (Å²) in [7, 11) is 0. The van der Waals surface area contributed by atoms with Gasteiger partial charge in [-0.3, -0.25) is 0 Å². The molecule has 0 aliphatic carbocycles. The second kappa shape index (κ2) is 3.48. The first-order chi connectivity index (χ1) is 3.66. The van der Waals surface area contributed by atoms with Gasteiger partial charge >= 0.3 is 0 Å². The van der Waals surface area contributed by atoms with Gasteiger partial charge in [0.2, 0.25) is 6.29 Å². The Kier molecular flexibility index (Phi) is 3.25. The number of aliphatic hydroxyl groups is 1. The van der Waals surface area contributed by atoms with Crippen molar-refractivity contribution in [3.8, 4) is 12.3 Å². The van der Waals surface area contributed by atoms with E-state index in [1.54, 1.807) is 13.8 Å². The average Bonchev–Trinajstić information content (AvgIpc) is 1.65. The van der Waals surface area contributed by atoms with E-state index in [9.17, 15) is 0 Å². The van der Waals surface area contributed by atoms with Crippen molar-refractivity contribution in [3.05, 3.63) is 0 Å². The minimum Gasteiger partial charge on any atom is -0.358 e. The second-order valence-corrected chi connectivity index (χ2v) is 1.70. The minimum atomic E-state index is -1.05. The summed E-state index contributed by atoms with van der Waals surface area (Å²) in [5.41, 5.74) is 0. The van der Waals surface area contributed by atoms with Gasteiger partial charge in [-0.25, -0.2) is 0 Å². The van der Waals surface area contributed by atoms with E-state index in [2.05, 4.69) is 0 Å². The van der Waals surface area contributed by atoms with Gasteiger partial charge in [-0.1, -0.05) is 0 Å². The molecule has 0 amide bonds. The molecule has 8 heavy (non-hydrogen) atoms. The number of aliphatic hydroxyl groups excluding tert-OH is 1. The van der Waals surface area contributed by atoms with Crippen molar-refractivity contribution >= 4 is 0 Å². The molecule has 46 valence electrons. The molecule has 0 heterocycles. The van der Waals surface area contributed by atoms with Crippen LogP contribution < -0.4 is 0 Å². The van der Waals surface area contributed by atoms with Crippen LogP contribution in [0.3, 0.4) is 0 Å². The summed E-state index contributed by atoms with van der Waals surface area (Å²) in [6, 6.07) is 0. The van der Waals surface area contributed by atoms with Gasteiger partial charge in [-0.2, -0.15) is 0 Å². The van der Waals surface area contributed by atoms with Crippen molar-refractivity contribution in [3.63, 3.8) is 0 Å². The van der Waals surface area contributed by atoms with Crippen LogP contribution in [0.15, 0.2) is 0 Å². The molecule has 0 fully saturated rings. The minimum absolute atomic E-state index is 0.0129. The third kappa shape index (κ3) is 3.66. The van der Waals surface area contributed by atoms with Gasteiger partial charge in [0.25, 0.3) is 0 Å². The van der Waals surface area contributed by atoms with Crippen molar-refractivity contribution in [2.24, 2.45) is 0 Å². The van der Waals surface area contributed by atoms with Gasteiger partial charge < -0.3 is 9.84 Å². The van der Waals surface area contributed by atoms with Crippen LogP contribution >= 0.6 is 0 Å². The summed E-state index contributed by atoms with van der Waals surface area (Å²) in [6.45, 7) is 3.61. The van der Waals surface area contributed by atoms with Crippen molar-refractivity contribution in [1.29, 1.82) is 0 Å². The highest BCUT2D eigenvalue weighted by Crippen LogP contribution is 1.90. The van der Waals surface area contributed by atoms with Gasteiger partial charge in [0.05, 0.1) is 6.10 Å². The van der Waals surface area contributed by atoms with Crippen LogP contribution in [-0.2, 0) is 4.74 Å². The summed E-state index contributed by atoms with van der Waals surface area (Å²) in [4.78, 5) is 0. The lowest BCUT2D eigenvalue weighted by Crippen LogP contribution is -2.14. The number of rotatable bonds is 2. The maximum atomic E-state index is 8.57. The molecule has 0 aliphatic rings. The third-order valence-electron chi connectivity index (χ3n) is 0.544. The molecule has 0 aromatic rings. The summed E-state index contributed by atoms with van der Waals surface area (Å²) >= 11 is 0. The molecule has 1 N–H and O–H groups in total. The molecular formula is C6H10O2. The molecule has 1 atom stereocenters. The Labute approximate surface area is 49.5 Å². The number of ether oxygens (including phenoxy) is 1. The zero-order chi connectivity index (χ0) is 6.57. The first-order valence-electron chi connectivity index (χ1n) is 2.46. The fourth-order valence-electron chi connectivity index (χ4n) is 0.297. The normalized spacial score (nSPS) is 13.4. The SMILES string of the molecule is C#CC(O)OC(C)C. The zero-order valence-electron chi connectivity index (χ0n) is 5.09. The number of terminal acetylenes is 1. The molecule has 0 aromatic carbocycles. The highest BCUT2D eigenvalue weighted by atomic mass is 16.6.